The van der Waals surface area contributed by atoms with Crippen LogP contribution in [0.2, 0.25) is 0 Å². The summed E-state index contributed by atoms with van der Waals surface area (Å²) in [5.74, 6) is 2.37. The van der Waals surface area contributed by atoms with E-state index < -0.39 is 0 Å². The molecule has 2 heterocycles. The molecular formula is C20H18N2O4. The number of aromatic nitrogens is 2. The van der Waals surface area contributed by atoms with Crippen molar-refractivity contribution in [2.24, 2.45) is 0 Å². The second-order valence-corrected chi connectivity index (χ2v) is 5.77. The van der Waals surface area contributed by atoms with Gasteiger partial charge in [0.05, 0.1) is 21.3 Å². The Morgan fingerprint density at radius 1 is 0.846 bits per heavy atom. The highest BCUT2D eigenvalue weighted by Gasteiger charge is 2.17. The minimum absolute atomic E-state index is 0.542. The third-order valence-electron chi connectivity index (χ3n) is 4.31. The number of ether oxygens (including phenoxy) is 3. The van der Waals surface area contributed by atoms with Gasteiger partial charge in [0.25, 0.3) is 0 Å². The lowest BCUT2D eigenvalue weighted by Gasteiger charge is -2.13. The van der Waals surface area contributed by atoms with Crippen LogP contribution in [0.15, 0.2) is 53.2 Å². The van der Waals surface area contributed by atoms with Crippen LogP contribution in [-0.4, -0.2) is 31.5 Å². The number of hydrogen-bond acceptors (Lipinski definition) is 5. The maximum Gasteiger partial charge on any atom is 0.203 e. The molecule has 0 amide bonds. The zero-order valence-electron chi connectivity index (χ0n) is 14.7. The largest absolute Gasteiger partial charge is 0.493 e. The summed E-state index contributed by atoms with van der Waals surface area (Å²) in [7, 11) is 4.74. The molecule has 6 nitrogen and oxygen atoms in total. The highest BCUT2D eigenvalue weighted by Crippen LogP contribution is 2.41. The van der Waals surface area contributed by atoms with Crippen molar-refractivity contribution in [3.05, 3.63) is 48.7 Å². The molecule has 0 spiro atoms. The van der Waals surface area contributed by atoms with Gasteiger partial charge in [-0.1, -0.05) is 5.16 Å². The predicted molar refractivity (Wildman–Crippen MR) is 98.9 cm³/mol. The van der Waals surface area contributed by atoms with Gasteiger partial charge in [0.15, 0.2) is 17.3 Å². The molecule has 0 radical (unpaired) electrons. The minimum Gasteiger partial charge on any atom is -0.493 e. The van der Waals surface area contributed by atoms with Crippen LogP contribution < -0.4 is 14.2 Å². The smallest absolute Gasteiger partial charge is 0.203 e. The Morgan fingerprint density at radius 2 is 1.62 bits per heavy atom. The number of fused-ring (bicyclic) bond motifs is 1. The molecular weight excluding hydrogens is 332 g/mol. The number of nitrogens with zero attached hydrogens (tertiary/aromatic N) is 1. The van der Waals surface area contributed by atoms with Crippen LogP contribution in [-0.2, 0) is 0 Å². The van der Waals surface area contributed by atoms with Gasteiger partial charge in [-0.15, -0.1) is 0 Å². The van der Waals surface area contributed by atoms with E-state index in [2.05, 4.69) is 16.2 Å². The number of hydrogen-bond donors (Lipinski definition) is 1. The van der Waals surface area contributed by atoms with Gasteiger partial charge < -0.3 is 23.7 Å². The highest BCUT2D eigenvalue weighted by molar-refractivity contribution is 5.84. The number of aromatic amines is 1. The second-order valence-electron chi connectivity index (χ2n) is 5.77. The van der Waals surface area contributed by atoms with Gasteiger partial charge in [-0.05, 0) is 36.4 Å². The summed E-state index contributed by atoms with van der Waals surface area (Å²) in [6.07, 6.45) is 1.91. The van der Waals surface area contributed by atoms with Gasteiger partial charge in [0.1, 0.15) is 5.69 Å². The zero-order valence-corrected chi connectivity index (χ0v) is 14.7. The van der Waals surface area contributed by atoms with Crippen molar-refractivity contribution in [1.82, 2.24) is 10.1 Å². The Hall–Kier alpha value is -3.41. The molecule has 6 heteroatoms. The number of benzene rings is 2. The van der Waals surface area contributed by atoms with Gasteiger partial charge in [0, 0.05) is 34.3 Å². The Bertz CT molecular complexity index is 1040. The fourth-order valence-electron chi connectivity index (χ4n) is 2.98. The lowest BCUT2D eigenvalue weighted by Crippen LogP contribution is -1.95. The Balaban J connectivity index is 1.75. The lowest BCUT2D eigenvalue weighted by molar-refractivity contribution is 0.324. The molecule has 0 atom stereocenters. The number of H-pyrrole nitrogens is 1. The van der Waals surface area contributed by atoms with Crippen molar-refractivity contribution >= 4 is 10.9 Å². The summed E-state index contributed by atoms with van der Waals surface area (Å²) in [6, 6.07) is 13.7. The average molecular weight is 350 g/mol. The van der Waals surface area contributed by atoms with E-state index in [4.69, 9.17) is 18.7 Å². The maximum absolute atomic E-state index is 5.56. The molecule has 0 aliphatic heterocycles. The summed E-state index contributed by atoms with van der Waals surface area (Å²) < 4.78 is 21.7. The van der Waals surface area contributed by atoms with Crippen molar-refractivity contribution in [2.75, 3.05) is 21.3 Å². The topological polar surface area (TPSA) is 69.5 Å². The van der Waals surface area contributed by atoms with E-state index >= 15 is 0 Å². The molecule has 2 aromatic heterocycles. The molecule has 132 valence electrons. The van der Waals surface area contributed by atoms with E-state index in [0.29, 0.717) is 28.7 Å². The molecule has 2 aromatic carbocycles. The second kappa shape index (κ2) is 6.48. The monoisotopic (exact) mass is 350 g/mol. The third-order valence-corrected chi connectivity index (χ3v) is 4.31. The summed E-state index contributed by atoms with van der Waals surface area (Å²) in [6.45, 7) is 0. The highest BCUT2D eigenvalue weighted by atomic mass is 16.5. The number of methoxy groups -OCH3 is 3. The van der Waals surface area contributed by atoms with E-state index in [9.17, 15) is 0 Å². The fraction of sp³-hybridized carbons (Fsp3) is 0.150. The lowest BCUT2D eigenvalue weighted by atomic mass is 10.1. The normalized spacial score (nSPS) is 10.9. The molecule has 1 N–H and O–H groups in total. The van der Waals surface area contributed by atoms with Gasteiger partial charge in [0.2, 0.25) is 5.75 Å². The molecule has 0 aliphatic rings. The molecule has 0 saturated carbocycles. The molecule has 4 rings (SSSR count). The van der Waals surface area contributed by atoms with Gasteiger partial charge in [-0.25, -0.2) is 0 Å². The summed E-state index contributed by atoms with van der Waals surface area (Å²) in [4.78, 5) is 3.18. The molecule has 0 unspecified atom stereocenters. The van der Waals surface area contributed by atoms with Crippen LogP contribution in [0.1, 0.15) is 0 Å². The van der Waals surface area contributed by atoms with E-state index in [0.717, 1.165) is 22.0 Å². The maximum atomic E-state index is 5.56. The predicted octanol–water partition coefficient (Wildman–Crippen LogP) is 4.52. The molecule has 4 aromatic rings. The van der Waals surface area contributed by atoms with Crippen molar-refractivity contribution in [2.45, 2.75) is 0 Å². The summed E-state index contributed by atoms with van der Waals surface area (Å²) in [5.41, 5.74) is 3.55. The molecule has 0 fully saturated rings. The van der Waals surface area contributed by atoms with Crippen molar-refractivity contribution in [3.8, 4) is 39.8 Å². The average Bonchev–Trinajstić information content (AvgIpc) is 3.35. The van der Waals surface area contributed by atoms with Crippen LogP contribution in [0, 0.1) is 0 Å². The number of rotatable bonds is 5. The Morgan fingerprint density at radius 3 is 2.31 bits per heavy atom. The van der Waals surface area contributed by atoms with Crippen LogP contribution >= 0.6 is 0 Å². The summed E-state index contributed by atoms with van der Waals surface area (Å²) >= 11 is 0. The van der Waals surface area contributed by atoms with Crippen molar-refractivity contribution < 1.29 is 18.7 Å². The molecule has 0 saturated heterocycles. The van der Waals surface area contributed by atoms with E-state index in [1.807, 2.05) is 42.6 Å². The fourth-order valence-corrected chi connectivity index (χ4v) is 2.98. The van der Waals surface area contributed by atoms with E-state index in [1.54, 1.807) is 21.3 Å². The molecule has 0 bridgehead atoms. The minimum atomic E-state index is 0.542. The first-order chi connectivity index (χ1) is 12.7. The Kier molecular flexibility index (Phi) is 4.01. The van der Waals surface area contributed by atoms with Crippen LogP contribution in [0.5, 0.6) is 17.2 Å². The van der Waals surface area contributed by atoms with E-state index in [1.165, 1.54) is 0 Å². The third kappa shape index (κ3) is 2.65. The first-order valence-electron chi connectivity index (χ1n) is 8.08. The van der Waals surface area contributed by atoms with Gasteiger partial charge >= 0.3 is 0 Å². The van der Waals surface area contributed by atoms with Crippen molar-refractivity contribution in [3.63, 3.8) is 0 Å². The van der Waals surface area contributed by atoms with E-state index in [-0.39, 0.29) is 0 Å². The van der Waals surface area contributed by atoms with Crippen LogP contribution in [0.3, 0.4) is 0 Å². The Labute approximate surface area is 150 Å². The van der Waals surface area contributed by atoms with Gasteiger partial charge in [-0.3, -0.25) is 0 Å². The SMILES string of the molecule is COc1cc(-c2cc(-c3ccc4[nH]ccc4c3)on2)cc(OC)c1OC. The first kappa shape index (κ1) is 16.1. The van der Waals surface area contributed by atoms with Crippen molar-refractivity contribution in [1.29, 1.82) is 0 Å². The standard InChI is InChI=1S/C20H18N2O4/c1-23-18-9-14(10-19(24-2)20(18)25-3)16-11-17(26-22-16)13-4-5-15-12(8-13)6-7-21-15/h4-11,21H,1-3H3. The zero-order chi connectivity index (χ0) is 18.1. The number of nitrogens with one attached hydrogen (secondary N) is 1. The molecule has 0 aliphatic carbocycles. The first-order valence-corrected chi connectivity index (χ1v) is 8.08. The summed E-state index contributed by atoms with van der Waals surface area (Å²) in [5, 5.41) is 5.32. The molecule has 26 heavy (non-hydrogen) atoms. The van der Waals surface area contributed by atoms with Crippen LogP contribution in [0.4, 0.5) is 0 Å². The van der Waals surface area contributed by atoms with Gasteiger partial charge in [-0.2, -0.15) is 0 Å². The van der Waals surface area contributed by atoms with Crippen LogP contribution in [0.25, 0.3) is 33.5 Å². The quantitative estimate of drug-likeness (QED) is 0.573.